The van der Waals surface area contributed by atoms with E-state index in [1.807, 2.05) is 0 Å². The van der Waals surface area contributed by atoms with Crippen molar-refractivity contribution >= 4 is 29.8 Å². The lowest BCUT2D eigenvalue weighted by molar-refractivity contribution is 0.249. The van der Waals surface area contributed by atoms with E-state index in [1.54, 1.807) is 0 Å². The van der Waals surface area contributed by atoms with Crippen LogP contribution in [-0.2, 0) is 19.1 Å². The third-order valence-electron chi connectivity index (χ3n) is 3.35. The van der Waals surface area contributed by atoms with Gasteiger partial charge in [0.05, 0.1) is 9.79 Å². The molecule has 1 saturated carbocycles. The number of rotatable bonds is 4. The second-order valence-corrected chi connectivity index (χ2v) is 9.08. The molecular weight excluding hydrogens is 310 g/mol. The Labute approximate surface area is 117 Å². The van der Waals surface area contributed by atoms with Crippen molar-refractivity contribution in [3.63, 3.8) is 0 Å². The van der Waals surface area contributed by atoms with Gasteiger partial charge >= 0.3 is 0 Å². The molecule has 1 aromatic rings. The first kappa shape index (κ1) is 14.8. The van der Waals surface area contributed by atoms with Crippen LogP contribution in [0.15, 0.2) is 34.1 Å². The molecule has 0 atom stereocenters. The molecule has 1 fully saturated rings. The normalized spacial score (nSPS) is 17.4. The minimum atomic E-state index is -3.93. The number of hydrogen-bond acceptors (Lipinski definition) is 4. The van der Waals surface area contributed by atoms with Crippen LogP contribution in [0.3, 0.4) is 0 Å². The van der Waals surface area contributed by atoms with Gasteiger partial charge in [0.25, 0.3) is 9.05 Å². The van der Waals surface area contributed by atoms with Gasteiger partial charge in [0.1, 0.15) is 0 Å². The van der Waals surface area contributed by atoms with Crippen molar-refractivity contribution in [1.82, 2.24) is 4.31 Å². The van der Waals surface area contributed by atoms with Crippen molar-refractivity contribution in [2.75, 3.05) is 7.05 Å². The summed E-state index contributed by atoms with van der Waals surface area (Å²) >= 11 is 0. The SMILES string of the molecule is CN(C1CCC1)S(=O)(=O)c1cccc(S(=O)(=O)Cl)c1. The molecule has 0 bridgehead atoms. The van der Waals surface area contributed by atoms with Crippen molar-refractivity contribution in [1.29, 1.82) is 0 Å². The Morgan fingerprint density at radius 3 is 2.21 bits per heavy atom. The zero-order valence-electron chi connectivity index (χ0n) is 10.3. The molecule has 0 amide bonds. The number of benzene rings is 1. The first-order valence-electron chi connectivity index (χ1n) is 5.76. The molecule has 1 aliphatic carbocycles. The average molecular weight is 324 g/mol. The number of sulfonamides is 1. The summed E-state index contributed by atoms with van der Waals surface area (Å²) in [5.41, 5.74) is 0. The van der Waals surface area contributed by atoms with E-state index in [0.29, 0.717) is 0 Å². The zero-order valence-corrected chi connectivity index (χ0v) is 12.7. The van der Waals surface area contributed by atoms with Gasteiger partial charge in [0.2, 0.25) is 10.0 Å². The summed E-state index contributed by atoms with van der Waals surface area (Å²) < 4.78 is 48.4. The highest BCUT2D eigenvalue weighted by molar-refractivity contribution is 8.13. The fourth-order valence-corrected chi connectivity index (χ4v) is 4.23. The van der Waals surface area contributed by atoms with Gasteiger partial charge in [-0.15, -0.1) is 0 Å². The standard InChI is InChI=1S/C11H14ClNO4S2/c1-13(9-4-2-5-9)19(16,17)11-7-3-6-10(8-11)18(12,14)15/h3,6-9H,2,4-5H2,1H3. The maximum Gasteiger partial charge on any atom is 0.261 e. The molecule has 0 saturated heterocycles. The second-order valence-electron chi connectivity index (χ2n) is 4.52. The summed E-state index contributed by atoms with van der Waals surface area (Å²) in [6.45, 7) is 0. The van der Waals surface area contributed by atoms with Gasteiger partial charge in [-0.2, -0.15) is 4.31 Å². The maximum absolute atomic E-state index is 12.3. The van der Waals surface area contributed by atoms with E-state index in [2.05, 4.69) is 0 Å². The molecule has 0 N–H and O–H groups in total. The molecule has 0 radical (unpaired) electrons. The van der Waals surface area contributed by atoms with Gasteiger partial charge in [-0.3, -0.25) is 0 Å². The molecule has 0 aliphatic heterocycles. The Hall–Kier alpha value is -0.630. The molecule has 0 spiro atoms. The summed E-state index contributed by atoms with van der Waals surface area (Å²) in [5, 5.41) is 0. The Bertz CT molecular complexity index is 680. The molecule has 8 heteroatoms. The van der Waals surface area contributed by atoms with Crippen molar-refractivity contribution in [3.8, 4) is 0 Å². The summed E-state index contributed by atoms with van der Waals surface area (Å²) in [6.07, 6.45) is 2.69. The molecule has 106 valence electrons. The largest absolute Gasteiger partial charge is 0.261 e. The predicted molar refractivity (Wildman–Crippen MR) is 72.1 cm³/mol. The number of hydrogen-bond donors (Lipinski definition) is 0. The highest BCUT2D eigenvalue weighted by atomic mass is 35.7. The van der Waals surface area contributed by atoms with Crippen molar-refractivity contribution in [2.24, 2.45) is 0 Å². The van der Waals surface area contributed by atoms with E-state index in [0.717, 1.165) is 25.3 Å². The van der Waals surface area contributed by atoms with Crippen molar-refractivity contribution in [2.45, 2.75) is 35.1 Å². The van der Waals surface area contributed by atoms with E-state index in [-0.39, 0.29) is 15.8 Å². The number of nitrogens with zero attached hydrogens (tertiary/aromatic N) is 1. The fourth-order valence-electron chi connectivity index (χ4n) is 1.90. The monoisotopic (exact) mass is 323 g/mol. The van der Waals surface area contributed by atoms with Crippen LogP contribution in [0.5, 0.6) is 0 Å². The molecule has 0 unspecified atom stereocenters. The predicted octanol–water partition coefficient (Wildman–Crippen LogP) is 1.79. The lowest BCUT2D eigenvalue weighted by Gasteiger charge is -2.33. The molecule has 0 aromatic heterocycles. The van der Waals surface area contributed by atoms with Gasteiger partial charge in [0, 0.05) is 23.8 Å². The topological polar surface area (TPSA) is 71.5 Å². The molecule has 1 aliphatic rings. The van der Waals surface area contributed by atoms with Crippen LogP contribution in [0, 0.1) is 0 Å². The van der Waals surface area contributed by atoms with Crippen LogP contribution >= 0.6 is 10.7 Å². The Morgan fingerprint density at radius 1 is 1.16 bits per heavy atom. The lowest BCUT2D eigenvalue weighted by Crippen LogP contribution is -2.41. The van der Waals surface area contributed by atoms with Crippen LogP contribution in [-0.4, -0.2) is 34.2 Å². The van der Waals surface area contributed by atoms with Crippen LogP contribution in [0.1, 0.15) is 19.3 Å². The minimum absolute atomic E-state index is 0.00117. The summed E-state index contributed by atoms with van der Waals surface area (Å²) in [5.74, 6) is 0. The average Bonchev–Trinajstić information content (AvgIpc) is 2.25. The van der Waals surface area contributed by atoms with E-state index in [9.17, 15) is 16.8 Å². The Balaban J connectivity index is 2.40. The fraction of sp³-hybridized carbons (Fsp3) is 0.455. The third kappa shape index (κ3) is 2.94. The van der Waals surface area contributed by atoms with E-state index >= 15 is 0 Å². The third-order valence-corrected chi connectivity index (χ3v) is 6.61. The molecular formula is C11H14ClNO4S2. The van der Waals surface area contributed by atoms with E-state index in [1.165, 1.54) is 29.6 Å². The lowest BCUT2D eigenvalue weighted by atomic mass is 9.94. The first-order valence-corrected chi connectivity index (χ1v) is 9.50. The highest BCUT2D eigenvalue weighted by Gasteiger charge is 2.32. The quantitative estimate of drug-likeness (QED) is 0.792. The van der Waals surface area contributed by atoms with Crippen LogP contribution < -0.4 is 0 Å². The molecule has 2 rings (SSSR count). The molecule has 5 nitrogen and oxygen atoms in total. The first-order chi connectivity index (χ1) is 8.73. The van der Waals surface area contributed by atoms with E-state index < -0.39 is 19.1 Å². The highest BCUT2D eigenvalue weighted by Crippen LogP contribution is 2.29. The van der Waals surface area contributed by atoms with E-state index in [4.69, 9.17) is 10.7 Å². The van der Waals surface area contributed by atoms with Crippen molar-refractivity contribution < 1.29 is 16.8 Å². The second kappa shape index (κ2) is 5.05. The Kier molecular flexibility index (Phi) is 3.92. The van der Waals surface area contributed by atoms with Crippen LogP contribution in [0.25, 0.3) is 0 Å². The molecule has 0 heterocycles. The van der Waals surface area contributed by atoms with Crippen LogP contribution in [0.4, 0.5) is 0 Å². The zero-order chi connectivity index (χ0) is 14.3. The van der Waals surface area contributed by atoms with Gasteiger partial charge in [-0.1, -0.05) is 12.5 Å². The number of halogens is 1. The van der Waals surface area contributed by atoms with Gasteiger partial charge in [0.15, 0.2) is 0 Å². The van der Waals surface area contributed by atoms with Gasteiger partial charge in [-0.25, -0.2) is 16.8 Å². The molecule has 19 heavy (non-hydrogen) atoms. The summed E-state index contributed by atoms with van der Waals surface area (Å²) in [6, 6.07) is 5.10. The summed E-state index contributed by atoms with van der Waals surface area (Å²) in [7, 11) is -0.866. The van der Waals surface area contributed by atoms with Crippen LogP contribution in [0.2, 0.25) is 0 Å². The van der Waals surface area contributed by atoms with Gasteiger partial charge < -0.3 is 0 Å². The minimum Gasteiger partial charge on any atom is -0.207 e. The summed E-state index contributed by atoms with van der Waals surface area (Å²) in [4.78, 5) is -0.263. The Morgan fingerprint density at radius 2 is 1.74 bits per heavy atom. The van der Waals surface area contributed by atoms with Gasteiger partial charge in [-0.05, 0) is 31.0 Å². The molecule has 1 aromatic carbocycles. The van der Waals surface area contributed by atoms with Crippen molar-refractivity contribution in [3.05, 3.63) is 24.3 Å². The maximum atomic E-state index is 12.3. The smallest absolute Gasteiger partial charge is 0.207 e.